The molecule has 0 saturated carbocycles. The van der Waals surface area contributed by atoms with Crippen LogP contribution in [-0.2, 0) is 9.53 Å². The molecular formula is C19H16O4. The number of rotatable bonds is 5. The molecule has 0 amide bonds. The van der Waals surface area contributed by atoms with Crippen molar-refractivity contribution < 1.29 is 19.4 Å². The van der Waals surface area contributed by atoms with E-state index in [0.29, 0.717) is 5.75 Å². The molecule has 0 unspecified atom stereocenters. The van der Waals surface area contributed by atoms with Crippen molar-refractivity contribution in [3.05, 3.63) is 61.2 Å². The Hall–Kier alpha value is -3.01. The molecule has 0 fully saturated rings. The number of phenolic OH excluding ortho intramolecular Hbond substituents is 1. The summed E-state index contributed by atoms with van der Waals surface area (Å²) in [5.41, 5.74) is 0. The summed E-state index contributed by atoms with van der Waals surface area (Å²) >= 11 is 0. The lowest BCUT2D eigenvalue weighted by Gasteiger charge is -2.14. The number of benzene rings is 3. The number of carbonyl (C=O) groups is 1. The van der Waals surface area contributed by atoms with Gasteiger partial charge in [0.15, 0.2) is 0 Å². The van der Waals surface area contributed by atoms with Gasteiger partial charge in [0.1, 0.15) is 24.7 Å². The fourth-order valence-corrected chi connectivity index (χ4v) is 2.57. The van der Waals surface area contributed by atoms with Crippen LogP contribution in [0.4, 0.5) is 0 Å². The molecule has 116 valence electrons. The van der Waals surface area contributed by atoms with Crippen LogP contribution in [-0.4, -0.2) is 24.3 Å². The van der Waals surface area contributed by atoms with Crippen molar-refractivity contribution in [2.45, 2.75) is 0 Å². The highest BCUT2D eigenvalue weighted by Gasteiger charge is 2.13. The second kappa shape index (κ2) is 6.40. The minimum Gasteiger partial charge on any atom is -0.507 e. The second-order valence-corrected chi connectivity index (χ2v) is 4.99. The first-order valence-corrected chi connectivity index (χ1v) is 7.26. The van der Waals surface area contributed by atoms with Gasteiger partial charge in [-0.05, 0) is 0 Å². The Labute approximate surface area is 133 Å². The molecule has 3 aromatic carbocycles. The number of aromatic hydroxyl groups is 1. The van der Waals surface area contributed by atoms with E-state index >= 15 is 0 Å². The minimum absolute atomic E-state index is 0.133. The maximum absolute atomic E-state index is 11.1. The Kier molecular flexibility index (Phi) is 4.15. The average Bonchev–Trinajstić information content (AvgIpc) is 2.61. The summed E-state index contributed by atoms with van der Waals surface area (Å²) in [4.78, 5) is 11.1. The number of hydrogen-bond donors (Lipinski definition) is 1. The summed E-state index contributed by atoms with van der Waals surface area (Å²) in [5.74, 6) is 0.430. The number of phenols is 1. The molecule has 0 spiro atoms. The second-order valence-electron chi connectivity index (χ2n) is 4.99. The summed E-state index contributed by atoms with van der Waals surface area (Å²) in [6.45, 7) is 3.70. The number of hydrogen-bond acceptors (Lipinski definition) is 4. The highest BCUT2D eigenvalue weighted by molar-refractivity contribution is 6.10. The zero-order chi connectivity index (χ0) is 16.2. The fraction of sp³-hybridized carbons (Fsp3) is 0.105. The minimum atomic E-state index is -0.478. The van der Waals surface area contributed by atoms with E-state index in [1.54, 1.807) is 0 Å². The molecule has 0 aliphatic heterocycles. The van der Waals surface area contributed by atoms with Crippen LogP contribution in [0.15, 0.2) is 61.2 Å². The van der Waals surface area contributed by atoms with Crippen molar-refractivity contribution in [3.63, 3.8) is 0 Å². The first-order valence-electron chi connectivity index (χ1n) is 7.26. The normalized spacial score (nSPS) is 10.6. The monoisotopic (exact) mass is 308 g/mol. The molecule has 1 N–H and O–H groups in total. The van der Waals surface area contributed by atoms with Gasteiger partial charge in [0, 0.05) is 27.6 Å². The molecule has 0 saturated heterocycles. The summed E-state index contributed by atoms with van der Waals surface area (Å²) < 4.78 is 10.8. The van der Waals surface area contributed by atoms with E-state index < -0.39 is 5.97 Å². The maximum atomic E-state index is 11.1. The van der Waals surface area contributed by atoms with Gasteiger partial charge in [-0.15, -0.1) is 0 Å². The lowest BCUT2D eigenvalue weighted by molar-refractivity contribution is -0.138. The van der Waals surface area contributed by atoms with Gasteiger partial charge in [-0.25, -0.2) is 4.79 Å². The topological polar surface area (TPSA) is 55.8 Å². The summed E-state index contributed by atoms with van der Waals surface area (Å²) in [5, 5.41) is 13.6. The standard InChI is InChI=1S/C19H16O4/c1-2-17(20)22-11-12-23-19-15-9-5-3-7-13(15)18(21)14-8-4-6-10-16(14)19/h2-10,21H,1,11-12H2. The molecule has 0 aliphatic carbocycles. The van der Waals surface area contributed by atoms with Crippen molar-refractivity contribution in [2.75, 3.05) is 13.2 Å². The van der Waals surface area contributed by atoms with Crippen LogP contribution in [0.25, 0.3) is 21.5 Å². The van der Waals surface area contributed by atoms with Crippen LogP contribution in [0.2, 0.25) is 0 Å². The van der Waals surface area contributed by atoms with E-state index in [4.69, 9.17) is 9.47 Å². The SMILES string of the molecule is C=CC(=O)OCCOc1c2ccccc2c(O)c2ccccc12. The summed E-state index contributed by atoms with van der Waals surface area (Å²) in [6.07, 6.45) is 1.12. The van der Waals surface area contributed by atoms with Crippen molar-refractivity contribution in [2.24, 2.45) is 0 Å². The average molecular weight is 308 g/mol. The molecule has 0 heterocycles. The van der Waals surface area contributed by atoms with Gasteiger partial charge in [-0.3, -0.25) is 0 Å². The van der Waals surface area contributed by atoms with Crippen LogP contribution in [0, 0.1) is 0 Å². The molecule has 0 bridgehead atoms. The van der Waals surface area contributed by atoms with Crippen LogP contribution < -0.4 is 4.74 Å². The molecule has 0 aliphatic rings. The Morgan fingerprint density at radius 1 is 0.957 bits per heavy atom. The third kappa shape index (κ3) is 2.83. The molecule has 3 rings (SSSR count). The largest absolute Gasteiger partial charge is 0.507 e. The Bertz CT molecular complexity index is 826. The van der Waals surface area contributed by atoms with E-state index in [1.807, 2.05) is 48.5 Å². The predicted molar refractivity (Wildman–Crippen MR) is 89.8 cm³/mol. The van der Waals surface area contributed by atoms with Crippen molar-refractivity contribution in [1.82, 2.24) is 0 Å². The third-order valence-corrected chi connectivity index (χ3v) is 3.59. The summed E-state index contributed by atoms with van der Waals surface area (Å²) in [6, 6.07) is 15.0. The highest BCUT2D eigenvalue weighted by atomic mass is 16.6. The van der Waals surface area contributed by atoms with Gasteiger partial charge < -0.3 is 14.6 Å². The van der Waals surface area contributed by atoms with E-state index in [0.717, 1.165) is 27.6 Å². The van der Waals surface area contributed by atoms with Gasteiger partial charge in [0.25, 0.3) is 0 Å². The molecule has 3 aromatic rings. The van der Waals surface area contributed by atoms with Gasteiger partial charge in [0.2, 0.25) is 0 Å². The van der Waals surface area contributed by atoms with Crippen molar-refractivity contribution >= 4 is 27.5 Å². The highest BCUT2D eigenvalue weighted by Crippen LogP contribution is 2.41. The Morgan fingerprint density at radius 2 is 1.48 bits per heavy atom. The molecule has 0 atom stereocenters. The van der Waals surface area contributed by atoms with E-state index in [2.05, 4.69) is 6.58 Å². The molecule has 4 heteroatoms. The van der Waals surface area contributed by atoms with E-state index in [-0.39, 0.29) is 19.0 Å². The third-order valence-electron chi connectivity index (χ3n) is 3.59. The molecule has 23 heavy (non-hydrogen) atoms. The number of fused-ring (bicyclic) bond motifs is 2. The number of esters is 1. The smallest absolute Gasteiger partial charge is 0.330 e. The Morgan fingerprint density at radius 3 is 2.00 bits per heavy atom. The zero-order valence-corrected chi connectivity index (χ0v) is 12.5. The van der Waals surface area contributed by atoms with Gasteiger partial charge in [-0.2, -0.15) is 0 Å². The first-order chi connectivity index (χ1) is 11.2. The predicted octanol–water partition coefficient (Wildman–Crippen LogP) is 3.81. The van der Waals surface area contributed by atoms with Crippen LogP contribution in [0.5, 0.6) is 11.5 Å². The lowest BCUT2D eigenvalue weighted by atomic mass is 10.0. The van der Waals surface area contributed by atoms with Crippen molar-refractivity contribution in [3.8, 4) is 11.5 Å². The number of carbonyl (C=O) groups excluding carboxylic acids is 1. The Balaban J connectivity index is 2.01. The summed E-state index contributed by atoms with van der Waals surface area (Å²) in [7, 11) is 0. The van der Waals surface area contributed by atoms with E-state index in [9.17, 15) is 9.90 Å². The quantitative estimate of drug-likeness (QED) is 0.337. The van der Waals surface area contributed by atoms with Crippen LogP contribution in [0.1, 0.15) is 0 Å². The fourth-order valence-electron chi connectivity index (χ4n) is 2.57. The first kappa shape index (κ1) is 14.9. The van der Waals surface area contributed by atoms with Gasteiger partial charge in [-0.1, -0.05) is 55.1 Å². The van der Waals surface area contributed by atoms with Crippen molar-refractivity contribution in [1.29, 1.82) is 0 Å². The molecule has 0 radical (unpaired) electrons. The van der Waals surface area contributed by atoms with Crippen LogP contribution >= 0.6 is 0 Å². The molecular weight excluding hydrogens is 292 g/mol. The zero-order valence-electron chi connectivity index (χ0n) is 12.5. The van der Waals surface area contributed by atoms with E-state index in [1.165, 1.54) is 0 Å². The van der Waals surface area contributed by atoms with Crippen LogP contribution in [0.3, 0.4) is 0 Å². The number of ether oxygens (including phenoxy) is 2. The molecule has 0 aromatic heterocycles. The lowest BCUT2D eigenvalue weighted by Crippen LogP contribution is -2.10. The van der Waals surface area contributed by atoms with Gasteiger partial charge >= 0.3 is 5.97 Å². The molecule has 4 nitrogen and oxygen atoms in total. The van der Waals surface area contributed by atoms with Gasteiger partial charge in [0.05, 0.1) is 0 Å². The maximum Gasteiger partial charge on any atom is 0.330 e.